The van der Waals surface area contributed by atoms with Gasteiger partial charge in [-0.05, 0) is 57.6 Å². The van der Waals surface area contributed by atoms with Crippen molar-refractivity contribution in [1.82, 2.24) is 5.32 Å². The van der Waals surface area contributed by atoms with Crippen molar-refractivity contribution >= 4 is 11.8 Å². The van der Waals surface area contributed by atoms with Gasteiger partial charge in [-0.3, -0.25) is 0 Å². The fraction of sp³-hybridized carbons (Fsp3) is 1.00. The molecule has 0 aliphatic carbocycles. The van der Waals surface area contributed by atoms with Crippen molar-refractivity contribution in [3.05, 3.63) is 0 Å². The van der Waals surface area contributed by atoms with E-state index >= 15 is 0 Å². The van der Waals surface area contributed by atoms with E-state index in [-0.39, 0.29) is 5.54 Å². The molecule has 1 nitrogen and oxygen atoms in total. The topological polar surface area (TPSA) is 12.0 Å². The first-order valence-electron chi connectivity index (χ1n) is 6.28. The van der Waals surface area contributed by atoms with Gasteiger partial charge >= 0.3 is 0 Å². The number of rotatable bonds is 8. The molecule has 1 N–H and O–H groups in total. The molecule has 0 aliphatic heterocycles. The van der Waals surface area contributed by atoms with Gasteiger partial charge in [-0.25, -0.2) is 0 Å². The summed E-state index contributed by atoms with van der Waals surface area (Å²) in [6.07, 6.45) is 3.98. The predicted molar refractivity (Wildman–Crippen MR) is 73.8 cm³/mol. The minimum Gasteiger partial charge on any atom is -0.312 e. The molecule has 0 rings (SSSR count). The lowest BCUT2D eigenvalue weighted by Gasteiger charge is -2.20. The van der Waals surface area contributed by atoms with Gasteiger partial charge in [0.15, 0.2) is 0 Å². The van der Waals surface area contributed by atoms with Crippen molar-refractivity contribution < 1.29 is 0 Å². The molecule has 0 aliphatic rings. The fourth-order valence-corrected chi connectivity index (χ4v) is 2.41. The minimum absolute atomic E-state index is 0.282. The van der Waals surface area contributed by atoms with Crippen LogP contribution in [0.1, 0.15) is 53.9 Å². The average molecular weight is 231 g/mol. The third kappa shape index (κ3) is 12.2. The van der Waals surface area contributed by atoms with Crippen LogP contribution in [-0.2, 0) is 0 Å². The zero-order valence-corrected chi connectivity index (χ0v) is 12.0. The Kier molecular flexibility index (Phi) is 8.64. The maximum Gasteiger partial charge on any atom is 0.00965 e. The van der Waals surface area contributed by atoms with Crippen LogP contribution in [0.4, 0.5) is 0 Å². The fourth-order valence-electron chi connectivity index (χ4n) is 1.19. The van der Waals surface area contributed by atoms with Crippen LogP contribution in [0.2, 0.25) is 0 Å². The Bertz CT molecular complexity index is 140. The van der Waals surface area contributed by atoms with Crippen LogP contribution in [-0.4, -0.2) is 23.6 Å². The summed E-state index contributed by atoms with van der Waals surface area (Å²) in [5, 5.41) is 3.52. The lowest BCUT2D eigenvalue weighted by atomic mass is 10.1. The summed E-state index contributed by atoms with van der Waals surface area (Å²) in [6, 6.07) is 0. The van der Waals surface area contributed by atoms with Crippen molar-refractivity contribution in [2.75, 3.05) is 18.1 Å². The van der Waals surface area contributed by atoms with Gasteiger partial charge in [0.05, 0.1) is 0 Å². The molecule has 0 fully saturated rings. The Balaban J connectivity index is 3.12. The first kappa shape index (κ1) is 15.3. The van der Waals surface area contributed by atoms with Crippen LogP contribution < -0.4 is 5.32 Å². The lowest BCUT2D eigenvalue weighted by Crippen LogP contribution is -2.36. The summed E-state index contributed by atoms with van der Waals surface area (Å²) in [5.41, 5.74) is 0.282. The summed E-state index contributed by atoms with van der Waals surface area (Å²) < 4.78 is 0. The molecule has 1 atom stereocenters. The van der Waals surface area contributed by atoms with Crippen molar-refractivity contribution in [1.29, 1.82) is 0 Å². The molecule has 0 heterocycles. The Morgan fingerprint density at radius 2 is 1.87 bits per heavy atom. The zero-order chi connectivity index (χ0) is 11.7. The van der Waals surface area contributed by atoms with Crippen LogP contribution in [0.25, 0.3) is 0 Å². The van der Waals surface area contributed by atoms with Gasteiger partial charge in [0, 0.05) is 5.54 Å². The van der Waals surface area contributed by atoms with Crippen LogP contribution in [0.3, 0.4) is 0 Å². The quantitative estimate of drug-likeness (QED) is 0.635. The third-order valence-corrected chi connectivity index (χ3v) is 3.85. The minimum atomic E-state index is 0.282. The Hall–Kier alpha value is 0.310. The summed E-state index contributed by atoms with van der Waals surface area (Å²) >= 11 is 2.12. The van der Waals surface area contributed by atoms with Gasteiger partial charge in [-0.2, -0.15) is 11.8 Å². The molecule has 15 heavy (non-hydrogen) atoms. The molecule has 0 aromatic heterocycles. The lowest BCUT2D eigenvalue weighted by molar-refractivity contribution is 0.421. The summed E-state index contributed by atoms with van der Waals surface area (Å²) in [5.74, 6) is 3.56. The van der Waals surface area contributed by atoms with Crippen LogP contribution in [0.5, 0.6) is 0 Å². The summed E-state index contributed by atoms with van der Waals surface area (Å²) in [6.45, 7) is 12.5. The average Bonchev–Trinajstić information content (AvgIpc) is 2.14. The normalized spacial score (nSPS) is 14.2. The molecule has 0 radical (unpaired) electrons. The maximum absolute atomic E-state index is 3.52. The number of hydrogen-bond donors (Lipinski definition) is 1. The molecule has 0 saturated carbocycles. The molecule has 2 heteroatoms. The maximum atomic E-state index is 3.52. The summed E-state index contributed by atoms with van der Waals surface area (Å²) in [7, 11) is 0. The second-order valence-electron chi connectivity index (χ2n) is 5.47. The molecule has 0 saturated heterocycles. The van der Waals surface area contributed by atoms with E-state index in [4.69, 9.17) is 0 Å². The SMILES string of the molecule is CCC(C)CSCCCCNC(C)(C)C. The molecule has 1 unspecified atom stereocenters. The molecular weight excluding hydrogens is 202 g/mol. The Labute approximate surface area is 101 Å². The Morgan fingerprint density at radius 3 is 2.40 bits per heavy atom. The highest BCUT2D eigenvalue weighted by Crippen LogP contribution is 2.12. The Morgan fingerprint density at radius 1 is 1.20 bits per heavy atom. The van der Waals surface area contributed by atoms with Crippen LogP contribution in [0, 0.1) is 5.92 Å². The van der Waals surface area contributed by atoms with E-state index < -0.39 is 0 Å². The zero-order valence-electron chi connectivity index (χ0n) is 11.2. The highest BCUT2D eigenvalue weighted by Gasteiger charge is 2.06. The van der Waals surface area contributed by atoms with Gasteiger partial charge in [-0.15, -0.1) is 0 Å². The van der Waals surface area contributed by atoms with Gasteiger partial charge in [0.1, 0.15) is 0 Å². The van der Waals surface area contributed by atoms with Crippen molar-refractivity contribution in [3.8, 4) is 0 Å². The molecule has 0 bridgehead atoms. The van der Waals surface area contributed by atoms with E-state index in [0.29, 0.717) is 0 Å². The highest BCUT2D eigenvalue weighted by atomic mass is 32.2. The molecule has 0 amide bonds. The highest BCUT2D eigenvalue weighted by molar-refractivity contribution is 7.99. The van der Waals surface area contributed by atoms with E-state index in [2.05, 4.69) is 51.7 Å². The second kappa shape index (κ2) is 8.46. The van der Waals surface area contributed by atoms with E-state index in [1.165, 1.54) is 30.8 Å². The first-order chi connectivity index (χ1) is 6.95. The first-order valence-corrected chi connectivity index (χ1v) is 7.44. The van der Waals surface area contributed by atoms with E-state index in [1.807, 2.05) is 0 Å². The smallest absolute Gasteiger partial charge is 0.00965 e. The predicted octanol–water partition coefficient (Wildman–Crippen LogP) is 3.93. The van der Waals surface area contributed by atoms with Crippen LogP contribution in [0.15, 0.2) is 0 Å². The molecule has 0 aromatic rings. The van der Waals surface area contributed by atoms with Gasteiger partial charge in [-0.1, -0.05) is 20.3 Å². The molecule has 92 valence electrons. The van der Waals surface area contributed by atoms with E-state index in [9.17, 15) is 0 Å². The molecule has 0 spiro atoms. The standard InChI is InChI=1S/C13H29NS/c1-6-12(2)11-15-10-8-7-9-14-13(3,4)5/h12,14H,6-11H2,1-5H3. The van der Waals surface area contributed by atoms with E-state index in [1.54, 1.807) is 0 Å². The number of unbranched alkanes of at least 4 members (excludes halogenated alkanes) is 1. The van der Waals surface area contributed by atoms with Crippen LogP contribution >= 0.6 is 11.8 Å². The van der Waals surface area contributed by atoms with Gasteiger partial charge < -0.3 is 5.32 Å². The molecule has 0 aromatic carbocycles. The van der Waals surface area contributed by atoms with Crippen molar-refractivity contribution in [2.24, 2.45) is 5.92 Å². The molecular formula is C13H29NS. The number of thioether (sulfide) groups is 1. The van der Waals surface area contributed by atoms with Crippen molar-refractivity contribution in [3.63, 3.8) is 0 Å². The number of nitrogens with one attached hydrogen (secondary N) is 1. The van der Waals surface area contributed by atoms with Crippen molar-refractivity contribution in [2.45, 2.75) is 59.4 Å². The van der Waals surface area contributed by atoms with Gasteiger partial charge in [0.25, 0.3) is 0 Å². The second-order valence-corrected chi connectivity index (χ2v) is 6.62. The van der Waals surface area contributed by atoms with Gasteiger partial charge in [0.2, 0.25) is 0 Å². The monoisotopic (exact) mass is 231 g/mol. The number of hydrogen-bond acceptors (Lipinski definition) is 2. The third-order valence-electron chi connectivity index (χ3n) is 2.47. The largest absolute Gasteiger partial charge is 0.312 e. The van der Waals surface area contributed by atoms with E-state index in [0.717, 1.165) is 12.5 Å². The summed E-state index contributed by atoms with van der Waals surface area (Å²) in [4.78, 5) is 0.